The number of aryl methyl sites for hydroxylation is 2. The Morgan fingerprint density at radius 3 is 2.74 bits per heavy atom. The topological polar surface area (TPSA) is 111 Å². The molecular weight excluding hydrogens is 348 g/mol. The maximum atomic E-state index is 12.3. The second-order valence-corrected chi connectivity index (χ2v) is 6.02. The molecule has 0 saturated heterocycles. The molecule has 0 saturated carbocycles. The zero-order valence-electron chi connectivity index (χ0n) is 15.1. The Balaban J connectivity index is 1.59. The fourth-order valence-corrected chi connectivity index (χ4v) is 2.71. The van der Waals surface area contributed by atoms with Crippen LogP contribution in [0.5, 0.6) is 0 Å². The molecule has 2 amide bonds. The van der Waals surface area contributed by atoms with Gasteiger partial charge in [-0.05, 0) is 18.1 Å². The van der Waals surface area contributed by atoms with Gasteiger partial charge in [-0.15, -0.1) is 0 Å². The van der Waals surface area contributed by atoms with Gasteiger partial charge in [-0.3, -0.25) is 23.6 Å². The quantitative estimate of drug-likeness (QED) is 0.656. The van der Waals surface area contributed by atoms with Crippen molar-refractivity contribution in [2.45, 2.75) is 19.9 Å². The van der Waals surface area contributed by atoms with Crippen molar-refractivity contribution in [3.63, 3.8) is 0 Å². The number of carbonyl (C=O) groups excluding carboxylic acids is 2. The van der Waals surface area contributed by atoms with E-state index in [9.17, 15) is 14.4 Å². The van der Waals surface area contributed by atoms with E-state index < -0.39 is 5.91 Å². The summed E-state index contributed by atoms with van der Waals surface area (Å²) in [6.45, 7) is 1.58. The van der Waals surface area contributed by atoms with Gasteiger partial charge < -0.3 is 10.6 Å². The molecule has 3 aromatic rings. The standard InChI is InChI=1S/C18H20N6O3/c1-3-12-6-4-5-7-14(12)22-15(25)9-19-16(26)10-24-11-20-17-13(18(24)27)8-21-23(17)2/h4-8,11H,3,9-10H2,1-2H3,(H,19,26)(H,22,25). The van der Waals surface area contributed by atoms with Gasteiger partial charge in [0.1, 0.15) is 18.3 Å². The van der Waals surface area contributed by atoms with Gasteiger partial charge in [-0.1, -0.05) is 25.1 Å². The third kappa shape index (κ3) is 4.02. The number of nitrogens with zero attached hydrogens (tertiary/aromatic N) is 4. The molecule has 1 aromatic carbocycles. The predicted molar refractivity (Wildman–Crippen MR) is 100 cm³/mol. The minimum atomic E-state index is -0.457. The molecular formula is C18H20N6O3. The van der Waals surface area contributed by atoms with E-state index in [0.717, 1.165) is 17.7 Å². The highest BCUT2D eigenvalue weighted by Crippen LogP contribution is 2.14. The molecule has 0 atom stereocenters. The molecule has 0 unspecified atom stereocenters. The fourth-order valence-electron chi connectivity index (χ4n) is 2.71. The lowest BCUT2D eigenvalue weighted by molar-refractivity contribution is -0.124. The van der Waals surface area contributed by atoms with Crippen molar-refractivity contribution in [1.29, 1.82) is 0 Å². The largest absolute Gasteiger partial charge is 0.345 e. The number of aromatic nitrogens is 4. The van der Waals surface area contributed by atoms with Crippen LogP contribution in [-0.2, 0) is 29.6 Å². The summed E-state index contributed by atoms with van der Waals surface area (Å²) < 4.78 is 2.67. The first-order valence-electron chi connectivity index (χ1n) is 8.51. The first-order valence-corrected chi connectivity index (χ1v) is 8.51. The van der Waals surface area contributed by atoms with Crippen LogP contribution in [0.4, 0.5) is 5.69 Å². The van der Waals surface area contributed by atoms with Crippen molar-refractivity contribution in [1.82, 2.24) is 24.6 Å². The van der Waals surface area contributed by atoms with Gasteiger partial charge >= 0.3 is 0 Å². The van der Waals surface area contributed by atoms with Crippen molar-refractivity contribution >= 4 is 28.5 Å². The Labute approximate surface area is 155 Å². The molecule has 9 nitrogen and oxygen atoms in total. The van der Waals surface area contributed by atoms with Crippen LogP contribution >= 0.6 is 0 Å². The van der Waals surface area contributed by atoms with Crippen molar-refractivity contribution in [2.75, 3.05) is 11.9 Å². The number of benzene rings is 1. The average molecular weight is 368 g/mol. The monoisotopic (exact) mass is 368 g/mol. The summed E-state index contributed by atoms with van der Waals surface area (Å²) in [5.74, 6) is -0.793. The number of anilines is 1. The number of carbonyl (C=O) groups is 2. The minimum Gasteiger partial charge on any atom is -0.345 e. The number of rotatable bonds is 6. The van der Waals surface area contributed by atoms with Crippen LogP contribution in [0, 0.1) is 0 Å². The van der Waals surface area contributed by atoms with E-state index in [-0.39, 0.29) is 24.6 Å². The van der Waals surface area contributed by atoms with Crippen LogP contribution in [0.1, 0.15) is 12.5 Å². The minimum absolute atomic E-state index is 0.186. The Morgan fingerprint density at radius 1 is 1.19 bits per heavy atom. The fraction of sp³-hybridized carbons (Fsp3) is 0.278. The van der Waals surface area contributed by atoms with Gasteiger partial charge in [-0.2, -0.15) is 5.10 Å². The highest BCUT2D eigenvalue weighted by atomic mass is 16.2. The summed E-state index contributed by atoms with van der Waals surface area (Å²) in [5, 5.41) is 9.60. The molecule has 0 aliphatic carbocycles. The van der Waals surface area contributed by atoms with E-state index in [0.29, 0.717) is 11.0 Å². The summed E-state index contributed by atoms with van der Waals surface area (Å²) in [6, 6.07) is 7.48. The van der Waals surface area contributed by atoms with E-state index in [1.54, 1.807) is 7.05 Å². The first-order chi connectivity index (χ1) is 13.0. The summed E-state index contributed by atoms with van der Waals surface area (Å²) in [6.07, 6.45) is 3.50. The lowest BCUT2D eigenvalue weighted by Gasteiger charge is -2.10. The average Bonchev–Trinajstić information content (AvgIpc) is 3.04. The van der Waals surface area contributed by atoms with Crippen molar-refractivity contribution in [3.05, 3.63) is 52.7 Å². The normalized spacial score (nSPS) is 10.7. The van der Waals surface area contributed by atoms with Gasteiger partial charge in [0.05, 0.1) is 12.7 Å². The van der Waals surface area contributed by atoms with E-state index >= 15 is 0 Å². The molecule has 2 aromatic heterocycles. The Kier molecular flexibility index (Phi) is 5.30. The van der Waals surface area contributed by atoms with Crippen molar-refractivity contribution in [2.24, 2.45) is 7.05 Å². The number of hydrogen-bond acceptors (Lipinski definition) is 5. The van der Waals surface area contributed by atoms with Gasteiger partial charge in [0.2, 0.25) is 11.8 Å². The molecule has 3 rings (SSSR count). The van der Waals surface area contributed by atoms with Gasteiger partial charge in [0.15, 0.2) is 5.65 Å². The molecule has 0 radical (unpaired) electrons. The Morgan fingerprint density at radius 2 is 1.96 bits per heavy atom. The third-order valence-corrected chi connectivity index (χ3v) is 4.15. The summed E-state index contributed by atoms with van der Waals surface area (Å²) >= 11 is 0. The second kappa shape index (κ2) is 7.81. The maximum Gasteiger partial charge on any atom is 0.264 e. The molecule has 27 heavy (non-hydrogen) atoms. The summed E-state index contributed by atoms with van der Waals surface area (Å²) in [4.78, 5) is 40.6. The van der Waals surface area contributed by atoms with Crippen molar-refractivity contribution < 1.29 is 9.59 Å². The number of nitrogens with one attached hydrogen (secondary N) is 2. The van der Waals surface area contributed by atoms with Crippen LogP contribution in [0.15, 0.2) is 41.6 Å². The molecule has 0 aliphatic rings. The van der Waals surface area contributed by atoms with E-state index in [1.165, 1.54) is 21.8 Å². The van der Waals surface area contributed by atoms with Crippen molar-refractivity contribution in [3.8, 4) is 0 Å². The zero-order valence-corrected chi connectivity index (χ0v) is 15.1. The molecule has 0 fully saturated rings. The van der Waals surface area contributed by atoms with Crippen LogP contribution in [0.3, 0.4) is 0 Å². The summed E-state index contributed by atoms with van der Waals surface area (Å²) in [5.41, 5.74) is 1.83. The van der Waals surface area contributed by atoms with Gasteiger partial charge in [-0.25, -0.2) is 4.98 Å². The zero-order chi connectivity index (χ0) is 19.4. The van der Waals surface area contributed by atoms with Crippen LogP contribution in [-0.4, -0.2) is 37.7 Å². The Bertz CT molecular complexity index is 1050. The third-order valence-electron chi connectivity index (χ3n) is 4.15. The van der Waals surface area contributed by atoms with Crippen LogP contribution in [0.2, 0.25) is 0 Å². The number of amides is 2. The van der Waals surface area contributed by atoms with Gasteiger partial charge in [0, 0.05) is 12.7 Å². The molecule has 9 heteroatoms. The van der Waals surface area contributed by atoms with Gasteiger partial charge in [0.25, 0.3) is 5.56 Å². The van der Waals surface area contributed by atoms with Crippen LogP contribution < -0.4 is 16.2 Å². The molecule has 140 valence electrons. The lowest BCUT2D eigenvalue weighted by atomic mass is 10.1. The molecule has 2 N–H and O–H groups in total. The second-order valence-electron chi connectivity index (χ2n) is 6.02. The molecule has 0 spiro atoms. The predicted octanol–water partition coefficient (Wildman–Crippen LogP) is 0.447. The maximum absolute atomic E-state index is 12.3. The number of fused-ring (bicyclic) bond motifs is 1. The Hall–Kier alpha value is -3.49. The molecule has 0 aliphatic heterocycles. The highest BCUT2D eigenvalue weighted by Gasteiger charge is 2.12. The van der Waals surface area contributed by atoms with E-state index in [2.05, 4.69) is 20.7 Å². The highest BCUT2D eigenvalue weighted by molar-refractivity contribution is 5.95. The lowest BCUT2D eigenvalue weighted by Crippen LogP contribution is -2.37. The molecule has 0 bridgehead atoms. The SMILES string of the molecule is CCc1ccccc1NC(=O)CNC(=O)Cn1cnc2c(cnn2C)c1=O. The van der Waals surface area contributed by atoms with E-state index in [1.807, 2.05) is 31.2 Å². The number of hydrogen-bond donors (Lipinski definition) is 2. The smallest absolute Gasteiger partial charge is 0.264 e. The van der Waals surface area contributed by atoms with E-state index in [4.69, 9.17) is 0 Å². The first kappa shape index (κ1) is 18.3. The summed E-state index contributed by atoms with van der Waals surface area (Å²) in [7, 11) is 1.68. The number of para-hydroxylation sites is 1. The molecule has 2 heterocycles. The van der Waals surface area contributed by atoms with Crippen LogP contribution in [0.25, 0.3) is 11.0 Å².